The third-order valence-electron chi connectivity index (χ3n) is 1.69. The van der Waals surface area contributed by atoms with E-state index in [9.17, 15) is 12.3 Å². The van der Waals surface area contributed by atoms with E-state index in [2.05, 4.69) is 0 Å². The van der Waals surface area contributed by atoms with E-state index in [1.165, 1.54) is 6.92 Å². The van der Waals surface area contributed by atoms with E-state index in [0.717, 1.165) is 0 Å². The standard InChI is InChI=1S/C8H9FO2S/c1-7(12(9,10)11)8-5-3-2-4-6-8/h2-7H,1H3. The van der Waals surface area contributed by atoms with Gasteiger partial charge in [0.05, 0.1) is 0 Å². The first-order chi connectivity index (χ1) is 5.52. The van der Waals surface area contributed by atoms with Gasteiger partial charge in [0.2, 0.25) is 0 Å². The van der Waals surface area contributed by atoms with E-state index >= 15 is 0 Å². The lowest BCUT2D eigenvalue weighted by Gasteiger charge is -2.05. The predicted octanol–water partition coefficient (Wildman–Crippen LogP) is 2.05. The third-order valence-corrected chi connectivity index (χ3v) is 2.81. The van der Waals surface area contributed by atoms with Crippen molar-refractivity contribution < 1.29 is 12.3 Å². The summed E-state index contributed by atoms with van der Waals surface area (Å²) < 4.78 is 33.4. The Morgan fingerprint density at radius 1 is 1.25 bits per heavy atom. The fraction of sp³-hybridized carbons (Fsp3) is 0.250. The van der Waals surface area contributed by atoms with Crippen LogP contribution < -0.4 is 0 Å². The Morgan fingerprint density at radius 2 is 1.75 bits per heavy atom. The third kappa shape index (κ3) is 2.04. The first-order valence-electron chi connectivity index (χ1n) is 3.50. The quantitative estimate of drug-likeness (QED) is 0.665. The minimum absolute atomic E-state index is 0.472. The van der Waals surface area contributed by atoms with Gasteiger partial charge in [0.15, 0.2) is 0 Å². The van der Waals surface area contributed by atoms with Crippen molar-refractivity contribution in [3.63, 3.8) is 0 Å². The second-order valence-corrected chi connectivity index (χ2v) is 4.19. The van der Waals surface area contributed by atoms with Crippen LogP contribution in [-0.4, -0.2) is 8.42 Å². The van der Waals surface area contributed by atoms with Crippen molar-refractivity contribution in [3.8, 4) is 0 Å². The molecule has 4 heteroatoms. The van der Waals surface area contributed by atoms with Crippen molar-refractivity contribution in [2.45, 2.75) is 12.2 Å². The van der Waals surface area contributed by atoms with Crippen LogP contribution >= 0.6 is 0 Å². The molecule has 1 unspecified atom stereocenters. The average Bonchev–Trinajstić information content (AvgIpc) is 2.03. The molecule has 0 aliphatic heterocycles. The van der Waals surface area contributed by atoms with Gasteiger partial charge in [0, 0.05) is 0 Å². The first kappa shape index (κ1) is 9.19. The highest BCUT2D eigenvalue weighted by atomic mass is 32.3. The Kier molecular flexibility index (Phi) is 2.47. The zero-order valence-electron chi connectivity index (χ0n) is 6.57. The molecule has 12 heavy (non-hydrogen) atoms. The highest BCUT2D eigenvalue weighted by molar-refractivity contribution is 7.86. The van der Waals surface area contributed by atoms with Crippen molar-refractivity contribution in [2.24, 2.45) is 0 Å². The second-order valence-electron chi connectivity index (χ2n) is 2.53. The van der Waals surface area contributed by atoms with E-state index in [4.69, 9.17) is 0 Å². The Bertz CT molecular complexity index is 345. The van der Waals surface area contributed by atoms with Crippen LogP contribution in [0, 0.1) is 0 Å². The molecule has 0 spiro atoms. The Labute approximate surface area is 71.2 Å². The van der Waals surface area contributed by atoms with Crippen LogP contribution in [0.1, 0.15) is 17.7 Å². The molecular weight excluding hydrogens is 179 g/mol. The number of halogens is 1. The van der Waals surface area contributed by atoms with Gasteiger partial charge in [-0.15, -0.1) is 3.89 Å². The fourth-order valence-electron chi connectivity index (χ4n) is 0.887. The minimum atomic E-state index is -4.46. The van der Waals surface area contributed by atoms with Crippen molar-refractivity contribution in [1.82, 2.24) is 0 Å². The zero-order valence-corrected chi connectivity index (χ0v) is 7.38. The molecule has 1 rings (SSSR count). The monoisotopic (exact) mass is 188 g/mol. The van der Waals surface area contributed by atoms with Gasteiger partial charge in [-0.05, 0) is 12.5 Å². The molecule has 0 aliphatic rings. The van der Waals surface area contributed by atoms with Crippen molar-refractivity contribution in [2.75, 3.05) is 0 Å². The number of hydrogen-bond acceptors (Lipinski definition) is 2. The molecule has 1 aromatic carbocycles. The van der Waals surface area contributed by atoms with Gasteiger partial charge in [-0.3, -0.25) is 0 Å². The summed E-state index contributed by atoms with van der Waals surface area (Å²) in [6.07, 6.45) is 0. The summed E-state index contributed by atoms with van der Waals surface area (Å²) in [5, 5.41) is -1.07. The van der Waals surface area contributed by atoms with E-state index in [0.29, 0.717) is 5.56 Å². The van der Waals surface area contributed by atoms with Gasteiger partial charge < -0.3 is 0 Å². The summed E-state index contributed by atoms with van der Waals surface area (Å²) in [5.41, 5.74) is 0.472. The Balaban J connectivity index is 3.02. The number of rotatable bonds is 2. The van der Waals surface area contributed by atoms with E-state index in [1.54, 1.807) is 30.3 Å². The average molecular weight is 188 g/mol. The molecule has 66 valence electrons. The van der Waals surface area contributed by atoms with Gasteiger partial charge in [-0.25, -0.2) is 0 Å². The largest absolute Gasteiger partial charge is 0.309 e. The minimum Gasteiger partial charge on any atom is -0.194 e. The summed E-state index contributed by atoms with van der Waals surface area (Å²) in [6.45, 7) is 1.32. The van der Waals surface area contributed by atoms with Gasteiger partial charge in [-0.1, -0.05) is 30.3 Å². The molecule has 0 aliphatic carbocycles. The van der Waals surface area contributed by atoms with Crippen LogP contribution in [-0.2, 0) is 10.2 Å². The van der Waals surface area contributed by atoms with Crippen LogP contribution in [0.2, 0.25) is 0 Å². The molecule has 0 radical (unpaired) electrons. The second kappa shape index (κ2) is 3.23. The highest BCUT2D eigenvalue weighted by Gasteiger charge is 2.20. The van der Waals surface area contributed by atoms with Gasteiger partial charge in [-0.2, -0.15) is 8.42 Å². The topological polar surface area (TPSA) is 34.1 Å². The van der Waals surface area contributed by atoms with E-state index in [-0.39, 0.29) is 0 Å². The molecule has 0 heterocycles. The van der Waals surface area contributed by atoms with Crippen LogP contribution in [0.4, 0.5) is 3.89 Å². The smallest absolute Gasteiger partial charge is 0.194 e. The van der Waals surface area contributed by atoms with E-state index in [1.807, 2.05) is 0 Å². The lowest BCUT2D eigenvalue weighted by molar-refractivity contribution is 0.540. The van der Waals surface area contributed by atoms with Crippen LogP contribution in [0.15, 0.2) is 30.3 Å². The molecule has 0 amide bonds. The van der Waals surface area contributed by atoms with Crippen LogP contribution in [0.5, 0.6) is 0 Å². The molecule has 1 aromatic rings. The zero-order chi connectivity index (χ0) is 9.19. The molecule has 0 saturated heterocycles. The molecule has 0 bridgehead atoms. The van der Waals surface area contributed by atoms with Crippen molar-refractivity contribution in [1.29, 1.82) is 0 Å². The lowest BCUT2D eigenvalue weighted by Crippen LogP contribution is -2.03. The number of benzene rings is 1. The van der Waals surface area contributed by atoms with E-state index < -0.39 is 15.5 Å². The summed E-state index contributed by atoms with van der Waals surface area (Å²) in [6, 6.07) is 8.28. The number of hydrogen-bond donors (Lipinski definition) is 0. The summed E-state index contributed by atoms with van der Waals surface area (Å²) >= 11 is 0. The highest BCUT2D eigenvalue weighted by Crippen LogP contribution is 2.22. The molecule has 0 fully saturated rings. The molecule has 0 saturated carbocycles. The van der Waals surface area contributed by atoms with Crippen molar-refractivity contribution >= 4 is 10.2 Å². The fourth-order valence-corrected chi connectivity index (χ4v) is 1.37. The van der Waals surface area contributed by atoms with Gasteiger partial charge >= 0.3 is 10.2 Å². The Hall–Kier alpha value is -0.900. The van der Waals surface area contributed by atoms with Crippen molar-refractivity contribution in [3.05, 3.63) is 35.9 Å². The Morgan fingerprint density at radius 3 is 2.17 bits per heavy atom. The van der Waals surface area contributed by atoms with Gasteiger partial charge in [0.1, 0.15) is 5.25 Å². The summed E-state index contributed by atoms with van der Waals surface area (Å²) in [5.74, 6) is 0. The maximum atomic E-state index is 12.4. The molecule has 2 nitrogen and oxygen atoms in total. The predicted molar refractivity (Wildman–Crippen MR) is 44.9 cm³/mol. The van der Waals surface area contributed by atoms with Gasteiger partial charge in [0.25, 0.3) is 0 Å². The van der Waals surface area contributed by atoms with Crippen LogP contribution in [0.25, 0.3) is 0 Å². The summed E-state index contributed by atoms with van der Waals surface area (Å²) in [4.78, 5) is 0. The normalized spacial score (nSPS) is 14.2. The maximum absolute atomic E-state index is 12.4. The first-order valence-corrected chi connectivity index (χ1v) is 4.95. The maximum Gasteiger partial charge on any atom is 0.309 e. The molecule has 1 atom stereocenters. The summed E-state index contributed by atoms with van der Waals surface area (Å²) in [7, 11) is -4.46. The molecule has 0 N–H and O–H groups in total. The van der Waals surface area contributed by atoms with Crippen LogP contribution in [0.3, 0.4) is 0 Å². The lowest BCUT2D eigenvalue weighted by atomic mass is 10.2. The molecule has 0 aromatic heterocycles. The SMILES string of the molecule is CC(c1ccccc1)S(=O)(=O)F. The molecular formula is C8H9FO2S.